The van der Waals surface area contributed by atoms with Crippen LogP contribution in [0.5, 0.6) is 5.75 Å². The molecular weight excluding hydrogens is 176 g/mol. The molecule has 0 aliphatic carbocycles. The van der Waals surface area contributed by atoms with Crippen molar-refractivity contribution in [1.29, 1.82) is 0 Å². The Morgan fingerprint density at radius 1 is 1.36 bits per heavy atom. The van der Waals surface area contributed by atoms with E-state index in [1.807, 2.05) is 26.8 Å². The summed E-state index contributed by atoms with van der Waals surface area (Å²) >= 11 is 0. The molecule has 1 aromatic carbocycles. The van der Waals surface area contributed by atoms with Crippen LogP contribution in [0.3, 0.4) is 0 Å². The molecule has 0 amide bonds. The highest BCUT2D eigenvalue weighted by molar-refractivity contribution is 5.36. The first-order chi connectivity index (χ1) is 6.63. The number of hydrogen-bond donors (Lipinski definition) is 1. The Morgan fingerprint density at radius 2 is 2.07 bits per heavy atom. The topological polar surface area (TPSA) is 29.5 Å². The van der Waals surface area contributed by atoms with Crippen LogP contribution in [-0.2, 0) is 0 Å². The van der Waals surface area contributed by atoms with Crippen molar-refractivity contribution in [3.8, 4) is 5.75 Å². The molecule has 0 aromatic heterocycles. The largest absolute Gasteiger partial charge is 0.490 e. The van der Waals surface area contributed by atoms with Gasteiger partial charge in [-0.15, -0.1) is 0 Å². The molecule has 0 radical (unpaired) electrons. The smallest absolute Gasteiger partial charge is 0.122 e. The van der Waals surface area contributed by atoms with Gasteiger partial charge >= 0.3 is 0 Å². The quantitative estimate of drug-likeness (QED) is 0.797. The molecule has 78 valence electrons. The van der Waals surface area contributed by atoms with Gasteiger partial charge in [0, 0.05) is 13.0 Å². The van der Waals surface area contributed by atoms with Gasteiger partial charge in [-0.3, -0.25) is 0 Å². The summed E-state index contributed by atoms with van der Waals surface area (Å²) in [7, 11) is 0. The lowest BCUT2D eigenvalue weighted by Crippen LogP contribution is -2.14. The Hall–Kier alpha value is -1.02. The molecule has 0 aliphatic rings. The molecule has 0 fully saturated rings. The van der Waals surface area contributed by atoms with Crippen LogP contribution in [0.25, 0.3) is 0 Å². The van der Waals surface area contributed by atoms with Crippen LogP contribution in [0.2, 0.25) is 0 Å². The summed E-state index contributed by atoms with van der Waals surface area (Å²) in [6, 6.07) is 6.15. The van der Waals surface area contributed by atoms with Crippen molar-refractivity contribution >= 4 is 0 Å². The van der Waals surface area contributed by atoms with Gasteiger partial charge in [-0.2, -0.15) is 0 Å². The molecule has 1 rings (SSSR count). The van der Waals surface area contributed by atoms with Gasteiger partial charge in [-0.05, 0) is 38.0 Å². The number of rotatable bonds is 4. The second-order valence-corrected chi connectivity index (χ2v) is 3.71. The third-order valence-corrected chi connectivity index (χ3v) is 2.21. The van der Waals surface area contributed by atoms with E-state index in [0.717, 1.165) is 11.3 Å². The van der Waals surface area contributed by atoms with Crippen LogP contribution in [0, 0.1) is 13.8 Å². The first kappa shape index (κ1) is 11.1. The summed E-state index contributed by atoms with van der Waals surface area (Å²) in [5.74, 6) is 0.922. The molecular formula is C12H18O2. The highest BCUT2D eigenvalue weighted by atomic mass is 16.5. The van der Waals surface area contributed by atoms with Crippen LogP contribution >= 0.6 is 0 Å². The van der Waals surface area contributed by atoms with Crippen molar-refractivity contribution < 1.29 is 9.84 Å². The van der Waals surface area contributed by atoms with E-state index in [4.69, 9.17) is 9.84 Å². The Balaban J connectivity index is 2.70. The van der Waals surface area contributed by atoms with Crippen LogP contribution in [-0.4, -0.2) is 17.8 Å². The van der Waals surface area contributed by atoms with Crippen molar-refractivity contribution in [2.24, 2.45) is 0 Å². The number of aryl methyl sites for hydroxylation is 2. The Labute approximate surface area is 85.5 Å². The molecule has 1 N–H and O–H groups in total. The predicted octanol–water partition coefficient (Wildman–Crippen LogP) is 2.45. The molecule has 1 atom stereocenters. The Kier molecular flexibility index (Phi) is 3.96. The fourth-order valence-corrected chi connectivity index (χ4v) is 1.29. The molecule has 0 spiro atoms. The van der Waals surface area contributed by atoms with Gasteiger partial charge in [-0.25, -0.2) is 0 Å². The number of aliphatic hydroxyl groups is 1. The maximum Gasteiger partial charge on any atom is 0.122 e. The zero-order valence-corrected chi connectivity index (χ0v) is 9.08. The molecule has 1 unspecified atom stereocenters. The zero-order valence-electron chi connectivity index (χ0n) is 9.08. The number of ether oxygens (including phenoxy) is 1. The van der Waals surface area contributed by atoms with Crippen molar-refractivity contribution in [2.75, 3.05) is 6.61 Å². The molecule has 0 bridgehead atoms. The van der Waals surface area contributed by atoms with E-state index in [2.05, 4.69) is 12.1 Å². The second-order valence-electron chi connectivity index (χ2n) is 3.71. The SMILES string of the molecule is Cc1ccc(C)c(OC(C)CCO)c1. The van der Waals surface area contributed by atoms with Crippen molar-refractivity contribution in [3.63, 3.8) is 0 Å². The minimum absolute atomic E-state index is 0.0699. The van der Waals surface area contributed by atoms with Crippen LogP contribution in [0.1, 0.15) is 24.5 Å². The minimum atomic E-state index is 0.0699. The van der Waals surface area contributed by atoms with Gasteiger partial charge in [0.1, 0.15) is 5.75 Å². The molecule has 2 heteroatoms. The zero-order chi connectivity index (χ0) is 10.6. The fraction of sp³-hybridized carbons (Fsp3) is 0.500. The van der Waals surface area contributed by atoms with Gasteiger partial charge in [0.05, 0.1) is 6.10 Å². The van der Waals surface area contributed by atoms with E-state index in [9.17, 15) is 0 Å². The van der Waals surface area contributed by atoms with Crippen LogP contribution in [0.4, 0.5) is 0 Å². The summed E-state index contributed by atoms with van der Waals surface area (Å²) < 4.78 is 5.71. The van der Waals surface area contributed by atoms with E-state index in [0.29, 0.717) is 6.42 Å². The summed E-state index contributed by atoms with van der Waals surface area (Å²) in [4.78, 5) is 0. The van der Waals surface area contributed by atoms with E-state index in [1.54, 1.807) is 0 Å². The van der Waals surface area contributed by atoms with E-state index in [1.165, 1.54) is 5.56 Å². The fourth-order valence-electron chi connectivity index (χ4n) is 1.29. The Morgan fingerprint density at radius 3 is 2.71 bits per heavy atom. The molecule has 14 heavy (non-hydrogen) atoms. The van der Waals surface area contributed by atoms with E-state index in [-0.39, 0.29) is 12.7 Å². The highest BCUT2D eigenvalue weighted by Gasteiger charge is 2.05. The lowest BCUT2D eigenvalue weighted by Gasteiger charge is -2.15. The average Bonchev–Trinajstić information content (AvgIpc) is 2.12. The lowest BCUT2D eigenvalue weighted by molar-refractivity contribution is 0.168. The van der Waals surface area contributed by atoms with Gasteiger partial charge in [0.25, 0.3) is 0 Å². The first-order valence-corrected chi connectivity index (χ1v) is 4.98. The summed E-state index contributed by atoms with van der Waals surface area (Å²) in [6.45, 7) is 6.22. The summed E-state index contributed by atoms with van der Waals surface area (Å²) in [5.41, 5.74) is 2.34. The first-order valence-electron chi connectivity index (χ1n) is 4.98. The summed E-state index contributed by atoms with van der Waals surface area (Å²) in [6.07, 6.45) is 0.744. The molecule has 0 aliphatic heterocycles. The number of benzene rings is 1. The van der Waals surface area contributed by atoms with Crippen molar-refractivity contribution in [1.82, 2.24) is 0 Å². The molecule has 1 aromatic rings. The molecule has 0 saturated heterocycles. The molecule has 0 heterocycles. The Bertz CT molecular complexity index is 294. The average molecular weight is 194 g/mol. The van der Waals surface area contributed by atoms with Crippen LogP contribution in [0.15, 0.2) is 18.2 Å². The second kappa shape index (κ2) is 5.01. The van der Waals surface area contributed by atoms with Gasteiger partial charge < -0.3 is 9.84 Å². The lowest BCUT2D eigenvalue weighted by atomic mass is 10.1. The highest BCUT2D eigenvalue weighted by Crippen LogP contribution is 2.20. The van der Waals surface area contributed by atoms with Crippen molar-refractivity contribution in [3.05, 3.63) is 29.3 Å². The maximum absolute atomic E-state index is 8.76. The predicted molar refractivity (Wildman–Crippen MR) is 57.7 cm³/mol. The maximum atomic E-state index is 8.76. The van der Waals surface area contributed by atoms with Gasteiger partial charge in [0.15, 0.2) is 0 Å². The number of aliphatic hydroxyl groups excluding tert-OH is 1. The third-order valence-electron chi connectivity index (χ3n) is 2.21. The minimum Gasteiger partial charge on any atom is -0.490 e. The van der Waals surface area contributed by atoms with Gasteiger partial charge in [0.2, 0.25) is 0 Å². The molecule has 0 saturated carbocycles. The van der Waals surface area contributed by atoms with E-state index < -0.39 is 0 Å². The van der Waals surface area contributed by atoms with Crippen LogP contribution < -0.4 is 4.74 Å². The molecule has 2 nitrogen and oxygen atoms in total. The monoisotopic (exact) mass is 194 g/mol. The third kappa shape index (κ3) is 3.04. The number of hydrogen-bond acceptors (Lipinski definition) is 2. The van der Waals surface area contributed by atoms with Gasteiger partial charge in [-0.1, -0.05) is 12.1 Å². The standard InChI is InChI=1S/C12H18O2/c1-9-4-5-10(2)12(8-9)14-11(3)6-7-13/h4-5,8,11,13H,6-7H2,1-3H3. The summed E-state index contributed by atoms with van der Waals surface area (Å²) in [5, 5.41) is 8.76. The normalized spacial score (nSPS) is 12.6. The van der Waals surface area contributed by atoms with E-state index >= 15 is 0 Å². The van der Waals surface area contributed by atoms with Crippen molar-refractivity contribution in [2.45, 2.75) is 33.3 Å².